The maximum Gasteiger partial charge on any atom is 0.191 e. The van der Waals surface area contributed by atoms with E-state index >= 15 is 0 Å². The van der Waals surface area contributed by atoms with E-state index in [0.717, 1.165) is 44.1 Å². The van der Waals surface area contributed by atoms with Crippen LogP contribution in [0.2, 0.25) is 0 Å². The van der Waals surface area contributed by atoms with Crippen molar-refractivity contribution in [3.05, 3.63) is 29.6 Å². The Kier molecular flexibility index (Phi) is 8.75. The summed E-state index contributed by atoms with van der Waals surface area (Å²) in [5.41, 5.74) is 0.878. The van der Waals surface area contributed by atoms with Gasteiger partial charge in [0.2, 0.25) is 0 Å². The highest BCUT2D eigenvalue weighted by Crippen LogP contribution is 2.30. The van der Waals surface area contributed by atoms with Gasteiger partial charge in [-0.2, -0.15) is 0 Å². The molecule has 7 heteroatoms. The molecule has 168 valence electrons. The van der Waals surface area contributed by atoms with Crippen molar-refractivity contribution >= 4 is 5.96 Å². The number of nitrogens with zero attached hydrogens (tertiary/aromatic N) is 3. The van der Waals surface area contributed by atoms with Crippen LogP contribution in [0.25, 0.3) is 0 Å². The van der Waals surface area contributed by atoms with E-state index in [2.05, 4.69) is 32.5 Å². The van der Waals surface area contributed by atoms with E-state index in [4.69, 9.17) is 4.74 Å². The molecule has 0 amide bonds. The van der Waals surface area contributed by atoms with Crippen molar-refractivity contribution in [2.45, 2.75) is 38.6 Å². The number of likely N-dealkylation sites (N-methyl/N-ethyl adjacent to an activating group) is 1. The molecule has 1 saturated heterocycles. The molecule has 2 N–H and O–H groups in total. The van der Waals surface area contributed by atoms with Gasteiger partial charge in [0.1, 0.15) is 0 Å². The minimum absolute atomic E-state index is 0.0515. The second kappa shape index (κ2) is 11.5. The Morgan fingerprint density at radius 3 is 2.83 bits per heavy atom. The highest BCUT2D eigenvalue weighted by atomic mass is 19.1. The van der Waals surface area contributed by atoms with Crippen molar-refractivity contribution in [2.24, 2.45) is 10.9 Å². The van der Waals surface area contributed by atoms with Gasteiger partial charge in [-0.1, -0.05) is 6.07 Å². The van der Waals surface area contributed by atoms with Crippen molar-refractivity contribution in [3.63, 3.8) is 0 Å². The molecule has 0 radical (unpaired) electrons. The average Bonchev–Trinajstić information content (AvgIpc) is 3.58. The monoisotopic (exact) mass is 419 g/mol. The topological polar surface area (TPSA) is 52.1 Å². The second-order valence-electron chi connectivity index (χ2n) is 8.66. The molecule has 1 heterocycles. The Morgan fingerprint density at radius 1 is 1.27 bits per heavy atom. The fourth-order valence-corrected chi connectivity index (χ4v) is 3.71. The van der Waals surface area contributed by atoms with E-state index in [-0.39, 0.29) is 11.9 Å². The Hall–Kier alpha value is -1.86. The summed E-state index contributed by atoms with van der Waals surface area (Å²) >= 11 is 0. The summed E-state index contributed by atoms with van der Waals surface area (Å²) in [6.07, 6.45) is 4.70. The summed E-state index contributed by atoms with van der Waals surface area (Å²) in [7, 11) is 3.96. The fraction of sp³-hybridized carbons (Fsp3) is 0.696. The normalized spacial score (nSPS) is 19.9. The maximum absolute atomic E-state index is 14.4. The number of aliphatic imine (C=N–C) groups is 1. The van der Waals surface area contributed by atoms with Crippen LogP contribution in [0, 0.1) is 11.7 Å². The number of benzene rings is 1. The highest BCUT2D eigenvalue weighted by molar-refractivity contribution is 5.80. The molecule has 6 nitrogen and oxygen atoms in total. The predicted octanol–water partition coefficient (Wildman–Crippen LogP) is 2.87. The van der Waals surface area contributed by atoms with E-state index in [1.807, 2.05) is 13.0 Å². The first kappa shape index (κ1) is 22.8. The summed E-state index contributed by atoms with van der Waals surface area (Å²) in [4.78, 5) is 9.26. The van der Waals surface area contributed by atoms with E-state index in [0.29, 0.717) is 18.3 Å². The van der Waals surface area contributed by atoms with Gasteiger partial charge in [0.25, 0.3) is 0 Å². The summed E-state index contributed by atoms with van der Waals surface area (Å²) in [6, 6.07) is 5.17. The SMILES string of the molecule is CN=C(NCCCN1CCCN(C)CC1)NC(C)c1ccc(OCC2CC2)c(F)c1. The zero-order chi connectivity index (χ0) is 21.3. The van der Waals surface area contributed by atoms with E-state index in [9.17, 15) is 4.39 Å². The van der Waals surface area contributed by atoms with Crippen molar-refractivity contribution < 1.29 is 9.13 Å². The smallest absolute Gasteiger partial charge is 0.191 e. The molecule has 0 aromatic heterocycles. The molecule has 2 aliphatic rings. The molecule has 2 fully saturated rings. The van der Waals surface area contributed by atoms with Crippen LogP contribution >= 0.6 is 0 Å². The Morgan fingerprint density at radius 2 is 2.10 bits per heavy atom. The van der Waals surface area contributed by atoms with E-state index in [1.54, 1.807) is 19.2 Å². The highest BCUT2D eigenvalue weighted by Gasteiger charge is 2.22. The number of hydrogen-bond donors (Lipinski definition) is 2. The summed E-state index contributed by atoms with van der Waals surface area (Å²) in [5.74, 6) is 1.40. The third-order valence-corrected chi connectivity index (χ3v) is 5.96. The standard InChI is InChI=1S/C23H38FN5O/c1-18(20-8-9-22(21(24)16-20)30-17-19-6-7-19)27-23(25-2)26-10-4-12-29-13-5-11-28(3)14-15-29/h8-9,16,18-19H,4-7,10-15,17H2,1-3H3,(H2,25,26,27). The number of ether oxygens (including phenoxy) is 1. The quantitative estimate of drug-likeness (QED) is 0.366. The maximum atomic E-state index is 14.4. The van der Waals surface area contributed by atoms with E-state index in [1.165, 1.54) is 32.4 Å². The Labute approximate surface area is 180 Å². The minimum atomic E-state index is -0.298. The molecule has 1 aliphatic carbocycles. The van der Waals surface area contributed by atoms with Gasteiger partial charge in [0.15, 0.2) is 17.5 Å². The Balaban J connectivity index is 1.39. The largest absolute Gasteiger partial charge is 0.490 e. The van der Waals surface area contributed by atoms with Gasteiger partial charge in [0.05, 0.1) is 12.6 Å². The van der Waals surface area contributed by atoms with Crippen LogP contribution in [-0.2, 0) is 0 Å². The lowest BCUT2D eigenvalue weighted by Gasteiger charge is -2.21. The zero-order valence-electron chi connectivity index (χ0n) is 18.8. The Bertz CT molecular complexity index is 694. The first-order valence-corrected chi connectivity index (χ1v) is 11.4. The average molecular weight is 420 g/mol. The molecule has 1 atom stereocenters. The zero-order valence-corrected chi connectivity index (χ0v) is 18.8. The van der Waals surface area contributed by atoms with Gasteiger partial charge in [-0.3, -0.25) is 4.99 Å². The van der Waals surface area contributed by atoms with Crippen LogP contribution in [0.15, 0.2) is 23.2 Å². The molecule has 1 saturated carbocycles. The number of nitrogens with one attached hydrogen (secondary N) is 2. The van der Waals surface area contributed by atoms with Crippen molar-refractivity contribution in [1.29, 1.82) is 0 Å². The van der Waals surface area contributed by atoms with E-state index < -0.39 is 0 Å². The van der Waals surface area contributed by atoms with Gasteiger partial charge in [-0.15, -0.1) is 0 Å². The molecule has 1 unspecified atom stereocenters. The fourth-order valence-electron chi connectivity index (χ4n) is 3.71. The molecule has 1 aromatic carbocycles. The minimum Gasteiger partial charge on any atom is -0.490 e. The summed E-state index contributed by atoms with van der Waals surface area (Å²) in [6.45, 7) is 9.26. The van der Waals surface area contributed by atoms with Crippen molar-refractivity contribution in [1.82, 2.24) is 20.4 Å². The van der Waals surface area contributed by atoms with Gasteiger partial charge in [-0.05, 0) is 82.9 Å². The third-order valence-electron chi connectivity index (χ3n) is 5.96. The lowest BCUT2D eigenvalue weighted by atomic mass is 10.1. The summed E-state index contributed by atoms with van der Waals surface area (Å²) in [5, 5.41) is 6.74. The van der Waals surface area contributed by atoms with Gasteiger partial charge in [0, 0.05) is 26.7 Å². The molecule has 1 aliphatic heterocycles. The first-order chi connectivity index (χ1) is 14.5. The van der Waals surface area contributed by atoms with Gasteiger partial charge in [-0.25, -0.2) is 4.39 Å². The van der Waals surface area contributed by atoms with Crippen LogP contribution < -0.4 is 15.4 Å². The molecule has 0 spiro atoms. The lowest BCUT2D eigenvalue weighted by molar-refractivity contribution is 0.274. The molecule has 1 aromatic rings. The number of halogens is 1. The predicted molar refractivity (Wildman–Crippen MR) is 121 cm³/mol. The first-order valence-electron chi connectivity index (χ1n) is 11.4. The van der Waals surface area contributed by atoms with Gasteiger partial charge >= 0.3 is 0 Å². The van der Waals surface area contributed by atoms with Gasteiger partial charge < -0.3 is 25.2 Å². The molecular weight excluding hydrogens is 381 g/mol. The van der Waals surface area contributed by atoms with Crippen LogP contribution in [0.4, 0.5) is 4.39 Å². The summed E-state index contributed by atoms with van der Waals surface area (Å²) < 4.78 is 20.0. The van der Waals surface area contributed by atoms with Crippen molar-refractivity contribution in [3.8, 4) is 5.75 Å². The van der Waals surface area contributed by atoms with Crippen LogP contribution in [0.3, 0.4) is 0 Å². The molecule has 3 rings (SSSR count). The van der Waals surface area contributed by atoms with Crippen LogP contribution in [-0.4, -0.2) is 75.7 Å². The van der Waals surface area contributed by atoms with Crippen LogP contribution in [0.1, 0.15) is 44.2 Å². The van der Waals surface area contributed by atoms with Crippen molar-refractivity contribution in [2.75, 3.05) is 60.0 Å². The second-order valence-corrected chi connectivity index (χ2v) is 8.66. The number of guanidine groups is 1. The lowest BCUT2D eigenvalue weighted by Crippen LogP contribution is -2.40. The third kappa shape index (κ3) is 7.43. The molecular formula is C23H38FN5O. The number of hydrogen-bond acceptors (Lipinski definition) is 4. The number of rotatable bonds is 9. The van der Waals surface area contributed by atoms with Crippen LogP contribution in [0.5, 0.6) is 5.75 Å². The molecule has 30 heavy (non-hydrogen) atoms. The molecule has 0 bridgehead atoms.